The average Bonchev–Trinajstić information content (AvgIpc) is 3.49. The van der Waals surface area contributed by atoms with Crippen LogP contribution in [0.4, 0.5) is 17.1 Å². The van der Waals surface area contributed by atoms with Crippen LogP contribution in [0.15, 0.2) is 200 Å². The highest BCUT2D eigenvalue weighted by molar-refractivity contribution is 6.17. The molecule has 10 aromatic rings. The van der Waals surface area contributed by atoms with Crippen molar-refractivity contribution < 1.29 is 0 Å². The van der Waals surface area contributed by atoms with Crippen LogP contribution in [0.5, 0.6) is 0 Å². The first-order chi connectivity index (χ1) is 27.5. The van der Waals surface area contributed by atoms with Crippen LogP contribution in [0.1, 0.15) is 25.0 Å². The summed E-state index contributed by atoms with van der Waals surface area (Å²) in [5.41, 5.74) is 13.6. The van der Waals surface area contributed by atoms with E-state index in [0.29, 0.717) is 0 Å². The van der Waals surface area contributed by atoms with Crippen LogP contribution >= 0.6 is 0 Å². The van der Waals surface area contributed by atoms with Gasteiger partial charge < -0.3 is 4.90 Å². The van der Waals surface area contributed by atoms with E-state index in [0.717, 1.165) is 17.1 Å². The van der Waals surface area contributed by atoms with Crippen LogP contribution < -0.4 is 4.90 Å². The van der Waals surface area contributed by atoms with Gasteiger partial charge >= 0.3 is 0 Å². The van der Waals surface area contributed by atoms with Crippen LogP contribution in [-0.2, 0) is 5.41 Å². The van der Waals surface area contributed by atoms with Gasteiger partial charge in [-0.05, 0) is 130 Å². The van der Waals surface area contributed by atoms with Crippen molar-refractivity contribution in [1.29, 1.82) is 0 Å². The van der Waals surface area contributed by atoms with E-state index >= 15 is 0 Å². The monoisotopic (exact) mass is 713 g/mol. The number of hydrogen-bond acceptors (Lipinski definition) is 1. The Morgan fingerprint density at radius 2 is 0.821 bits per heavy atom. The summed E-state index contributed by atoms with van der Waals surface area (Å²) in [6.07, 6.45) is 0. The second kappa shape index (κ2) is 12.5. The van der Waals surface area contributed by atoms with Gasteiger partial charge in [-0.3, -0.25) is 0 Å². The Balaban J connectivity index is 1.02. The maximum Gasteiger partial charge on any atom is 0.0468 e. The molecule has 0 spiro atoms. The molecule has 56 heavy (non-hydrogen) atoms. The molecule has 0 aliphatic heterocycles. The van der Waals surface area contributed by atoms with Gasteiger partial charge in [0.25, 0.3) is 0 Å². The third-order valence-electron chi connectivity index (χ3n) is 12.3. The van der Waals surface area contributed by atoms with Gasteiger partial charge in [-0.15, -0.1) is 0 Å². The molecule has 11 rings (SSSR count). The highest BCUT2D eigenvalue weighted by Gasteiger charge is 2.35. The maximum atomic E-state index is 2.41. The van der Waals surface area contributed by atoms with Crippen LogP contribution in [0, 0.1) is 0 Å². The van der Waals surface area contributed by atoms with Crippen molar-refractivity contribution in [1.82, 2.24) is 0 Å². The van der Waals surface area contributed by atoms with Gasteiger partial charge in [0.1, 0.15) is 0 Å². The van der Waals surface area contributed by atoms with E-state index in [2.05, 4.69) is 219 Å². The van der Waals surface area contributed by atoms with E-state index in [1.54, 1.807) is 0 Å². The van der Waals surface area contributed by atoms with Crippen molar-refractivity contribution in [3.63, 3.8) is 0 Å². The van der Waals surface area contributed by atoms with Crippen molar-refractivity contribution in [2.45, 2.75) is 19.3 Å². The summed E-state index contributed by atoms with van der Waals surface area (Å²) in [5.74, 6) is 0. The molecule has 0 unspecified atom stereocenters. The number of nitrogens with zero attached hydrogens (tertiary/aromatic N) is 1. The fourth-order valence-electron chi connectivity index (χ4n) is 9.36. The minimum atomic E-state index is -0.0463. The Morgan fingerprint density at radius 3 is 1.59 bits per heavy atom. The Morgan fingerprint density at radius 1 is 0.304 bits per heavy atom. The largest absolute Gasteiger partial charge is 0.310 e. The highest BCUT2D eigenvalue weighted by atomic mass is 15.1. The predicted molar refractivity (Wildman–Crippen MR) is 240 cm³/mol. The highest BCUT2D eigenvalue weighted by Crippen LogP contribution is 2.50. The number of rotatable bonds is 5. The number of benzene rings is 10. The third kappa shape index (κ3) is 5.08. The molecule has 0 bridgehead atoms. The normalized spacial score (nSPS) is 13.0. The zero-order valence-corrected chi connectivity index (χ0v) is 31.5. The Hall–Kier alpha value is -6.96. The standard InChI is InChI=1S/C55H39N/c1-55(2)53-17-8-7-15-50(53)52-35-44(30-33-54(52)55)56(43-28-22-39(23-29-43)46-16-9-12-37-10-3-5-13-45(37)46)42-26-20-36(21-27-42)41-19-18-40-25-31-48-47-14-6-4-11-38(47)24-32-49(48)51(40)34-41/h3-35H,1-2H3. The fourth-order valence-corrected chi connectivity index (χ4v) is 9.36. The average molecular weight is 714 g/mol. The molecule has 0 aromatic heterocycles. The minimum Gasteiger partial charge on any atom is -0.310 e. The fraction of sp³-hybridized carbons (Fsp3) is 0.0545. The molecule has 0 saturated heterocycles. The molecule has 1 aliphatic rings. The molecule has 1 nitrogen and oxygen atoms in total. The van der Waals surface area contributed by atoms with E-state index in [-0.39, 0.29) is 5.41 Å². The van der Waals surface area contributed by atoms with Gasteiger partial charge in [0.05, 0.1) is 0 Å². The molecular formula is C55H39N. The summed E-state index contributed by atoms with van der Waals surface area (Å²) >= 11 is 0. The summed E-state index contributed by atoms with van der Waals surface area (Å²) < 4.78 is 0. The van der Waals surface area contributed by atoms with Gasteiger partial charge in [0.15, 0.2) is 0 Å². The molecule has 1 heteroatoms. The SMILES string of the molecule is CC1(C)c2ccccc2-c2cc(N(c3ccc(-c4ccc5ccc6c7ccccc7ccc6c5c4)cc3)c3ccc(-c4cccc5ccccc45)cc3)ccc21. The second-order valence-corrected chi connectivity index (χ2v) is 15.7. The lowest BCUT2D eigenvalue weighted by Gasteiger charge is -2.27. The summed E-state index contributed by atoms with van der Waals surface area (Å²) in [5, 5.41) is 10.2. The van der Waals surface area contributed by atoms with Gasteiger partial charge in [0, 0.05) is 22.5 Å². The molecule has 0 atom stereocenters. The van der Waals surface area contributed by atoms with Gasteiger partial charge in [-0.2, -0.15) is 0 Å². The van der Waals surface area contributed by atoms with Crippen molar-refractivity contribution in [3.8, 4) is 33.4 Å². The van der Waals surface area contributed by atoms with Crippen LogP contribution in [-0.4, -0.2) is 0 Å². The molecule has 1 aliphatic carbocycles. The molecule has 0 saturated carbocycles. The molecular weight excluding hydrogens is 675 g/mol. The molecule has 10 aromatic carbocycles. The van der Waals surface area contributed by atoms with Crippen molar-refractivity contribution >= 4 is 60.2 Å². The first kappa shape index (κ1) is 32.5. The minimum absolute atomic E-state index is 0.0463. The first-order valence-corrected chi connectivity index (χ1v) is 19.6. The predicted octanol–water partition coefficient (Wildman–Crippen LogP) is 15.4. The smallest absolute Gasteiger partial charge is 0.0468 e. The first-order valence-electron chi connectivity index (χ1n) is 19.6. The van der Waals surface area contributed by atoms with Gasteiger partial charge in [-0.1, -0.05) is 172 Å². The summed E-state index contributed by atoms with van der Waals surface area (Å²) in [6, 6.07) is 74.0. The molecule has 0 fully saturated rings. The third-order valence-corrected chi connectivity index (χ3v) is 12.3. The molecule has 0 heterocycles. The van der Waals surface area contributed by atoms with Gasteiger partial charge in [0.2, 0.25) is 0 Å². The Labute approximate surface area is 327 Å². The van der Waals surface area contributed by atoms with Crippen LogP contribution in [0.2, 0.25) is 0 Å². The van der Waals surface area contributed by atoms with Gasteiger partial charge in [-0.25, -0.2) is 0 Å². The van der Waals surface area contributed by atoms with E-state index in [1.165, 1.54) is 87.6 Å². The molecule has 264 valence electrons. The summed E-state index contributed by atoms with van der Waals surface area (Å²) in [7, 11) is 0. The molecule has 0 N–H and O–H groups in total. The van der Waals surface area contributed by atoms with E-state index in [9.17, 15) is 0 Å². The molecule has 0 amide bonds. The summed E-state index contributed by atoms with van der Waals surface area (Å²) in [6.45, 7) is 4.69. The number of anilines is 3. The summed E-state index contributed by atoms with van der Waals surface area (Å²) in [4.78, 5) is 2.41. The van der Waals surface area contributed by atoms with Crippen molar-refractivity contribution in [2.75, 3.05) is 4.90 Å². The zero-order valence-electron chi connectivity index (χ0n) is 31.5. The maximum absolute atomic E-state index is 2.41. The number of fused-ring (bicyclic) bond motifs is 9. The van der Waals surface area contributed by atoms with Crippen molar-refractivity contribution in [3.05, 3.63) is 211 Å². The lowest BCUT2D eigenvalue weighted by molar-refractivity contribution is 0.660. The Bertz CT molecular complexity index is 3150. The number of hydrogen-bond donors (Lipinski definition) is 0. The lowest BCUT2D eigenvalue weighted by atomic mass is 9.82. The van der Waals surface area contributed by atoms with E-state index in [4.69, 9.17) is 0 Å². The van der Waals surface area contributed by atoms with Crippen LogP contribution in [0.25, 0.3) is 76.5 Å². The quantitative estimate of drug-likeness (QED) is 0.161. The van der Waals surface area contributed by atoms with E-state index in [1.807, 2.05) is 0 Å². The second-order valence-electron chi connectivity index (χ2n) is 15.7. The van der Waals surface area contributed by atoms with E-state index < -0.39 is 0 Å². The zero-order chi connectivity index (χ0) is 37.4. The van der Waals surface area contributed by atoms with Crippen molar-refractivity contribution in [2.24, 2.45) is 0 Å². The Kier molecular flexibility index (Phi) is 7.28. The topological polar surface area (TPSA) is 3.24 Å². The van der Waals surface area contributed by atoms with Crippen LogP contribution in [0.3, 0.4) is 0 Å². The lowest BCUT2D eigenvalue weighted by Crippen LogP contribution is -2.15. The molecule has 0 radical (unpaired) electrons.